The Hall–Kier alpha value is -4.92. The Labute approximate surface area is 223 Å². The number of benzene rings is 3. The molecule has 0 unspecified atom stereocenters. The molecule has 0 saturated heterocycles. The van der Waals surface area contributed by atoms with Crippen LogP contribution in [0.1, 0.15) is 17.3 Å². The molecule has 1 aliphatic carbocycles. The fourth-order valence-electron chi connectivity index (χ4n) is 4.64. The summed E-state index contributed by atoms with van der Waals surface area (Å²) in [7, 11) is 7.73. The largest absolute Gasteiger partial charge is 0.488 e. The molecule has 0 aromatic heterocycles. The van der Waals surface area contributed by atoms with Gasteiger partial charge in [0.25, 0.3) is 10.9 Å². The van der Waals surface area contributed by atoms with Gasteiger partial charge < -0.3 is 24.5 Å². The Balaban J connectivity index is 1.81. The lowest BCUT2D eigenvalue weighted by Crippen LogP contribution is -2.35. The quantitative estimate of drug-likeness (QED) is 0.187. The van der Waals surface area contributed by atoms with E-state index in [1.54, 1.807) is 19.1 Å². The van der Waals surface area contributed by atoms with E-state index in [0.29, 0.717) is 28.2 Å². The van der Waals surface area contributed by atoms with Gasteiger partial charge in [0.05, 0.1) is 18.2 Å². The molecule has 0 fully saturated rings. The van der Waals surface area contributed by atoms with Crippen LogP contribution in [0.2, 0.25) is 0 Å². The first kappa shape index (κ1) is 25.7. The first-order chi connectivity index (χ1) is 18.6. The third-order valence-electron chi connectivity index (χ3n) is 6.67. The highest BCUT2D eigenvalue weighted by atomic mass is 16.5. The van der Waals surface area contributed by atoms with Crippen LogP contribution in [-0.4, -0.2) is 45.9 Å². The van der Waals surface area contributed by atoms with Crippen LogP contribution in [0.4, 0.5) is 17.1 Å². The first-order valence-corrected chi connectivity index (χ1v) is 12.4. The molecule has 0 spiro atoms. The molecule has 0 bridgehead atoms. The van der Waals surface area contributed by atoms with Crippen molar-refractivity contribution < 1.29 is 19.1 Å². The predicted octanol–water partition coefficient (Wildman–Crippen LogP) is 3.74. The van der Waals surface area contributed by atoms with E-state index >= 15 is 0 Å². The second-order valence-electron chi connectivity index (χ2n) is 9.61. The van der Waals surface area contributed by atoms with Crippen LogP contribution in [0.3, 0.4) is 0 Å². The third-order valence-corrected chi connectivity index (χ3v) is 6.67. The minimum absolute atomic E-state index is 0.0202. The van der Waals surface area contributed by atoms with Crippen molar-refractivity contribution in [3.63, 3.8) is 0 Å². The highest BCUT2D eigenvalue weighted by Gasteiger charge is 2.25. The number of hydrogen-bond donors (Lipinski definition) is 2. The van der Waals surface area contributed by atoms with Gasteiger partial charge in [-0.2, -0.15) is 0 Å². The first-order valence-electron chi connectivity index (χ1n) is 12.4. The maximum atomic E-state index is 12.4. The van der Waals surface area contributed by atoms with Gasteiger partial charge in [-0.25, -0.2) is 9.37 Å². The average molecular weight is 527 g/mol. The summed E-state index contributed by atoms with van der Waals surface area (Å²) in [5.41, 5.74) is 2.59. The number of carbonyl (C=O) groups is 1. The molecule has 2 N–H and O–H groups in total. The van der Waals surface area contributed by atoms with Gasteiger partial charge in [0.1, 0.15) is 31.1 Å². The molecule has 1 aliphatic heterocycles. The average Bonchev–Trinajstić information content (AvgIpc) is 2.92. The van der Waals surface area contributed by atoms with Crippen LogP contribution >= 0.6 is 0 Å². The molecule has 0 saturated carbocycles. The van der Waals surface area contributed by atoms with Gasteiger partial charge in [-0.3, -0.25) is 9.59 Å². The Morgan fingerprint density at radius 1 is 1.00 bits per heavy atom. The third kappa shape index (κ3) is 4.41. The molecule has 0 atom stereocenters. The van der Waals surface area contributed by atoms with Crippen LogP contribution in [0.5, 0.6) is 5.75 Å². The van der Waals surface area contributed by atoms with Crippen molar-refractivity contribution in [1.29, 1.82) is 0 Å². The summed E-state index contributed by atoms with van der Waals surface area (Å²) in [5.74, 6) is -0.527. The van der Waals surface area contributed by atoms with E-state index in [1.165, 1.54) is 6.07 Å². The topological polar surface area (TPSA) is 112 Å². The monoisotopic (exact) mass is 526 g/mol. The van der Waals surface area contributed by atoms with E-state index in [0.717, 1.165) is 22.0 Å². The molecule has 9 heteroatoms. The van der Waals surface area contributed by atoms with Crippen molar-refractivity contribution in [3.8, 4) is 28.2 Å². The zero-order chi connectivity index (χ0) is 28.0. The standard InChI is InChI=1S/C30H27N3O6/c1-6-38-29-26(27(34)28(29)35)31-16-7-10-19(30(36)37)22(13-16)25-20-11-8-17(32(2)3)14-23(20)39-24-15-18(33(4)5)9-12-21(24)25/h7-15H,6H2,1-5H3,(H-,31,35,36,37)/p+1. The van der Waals surface area contributed by atoms with Gasteiger partial charge in [0.15, 0.2) is 5.75 Å². The number of nitrogens with one attached hydrogen (secondary N) is 1. The molecule has 2 aliphatic rings. The summed E-state index contributed by atoms with van der Waals surface area (Å²) in [5, 5.41) is 14.8. The van der Waals surface area contributed by atoms with Crippen molar-refractivity contribution in [2.45, 2.75) is 6.92 Å². The van der Waals surface area contributed by atoms with Crippen LogP contribution in [0.25, 0.3) is 33.4 Å². The number of carboxylic acid groups (broad SMARTS) is 1. The minimum Gasteiger partial charge on any atom is -0.488 e. The number of fused-ring (bicyclic) bond motifs is 2. The lowest BCUT2D eigenvalue weighted by molar-refractivity contribution is 0.0697. The number of anilines is 3. The molecule has 0 radical (unpaired) electrons. The molecule has 3 aromatic carbocycles. The van der Waals surface area contributed by atoms with E-state index < -0.39 is 16.8 Å². The number of ether oxygens (including phenoxy) is 1. The van der Waals surface area contributed by atoms with Crippen molar-refractivity contribution in [3.05, 3.63) is 86.0 Å². The van der Waals surface area contributed by atoms with Gasteiger partial charge in [-0.05, 0) is 48.9 Å². The van der Waals surface area contributed by atoms with Crippen molar-refractivity contribution in [1.82, 2.24) is 4.58 Å². The molecule has 1 heterocycles. The summed E-state index contributed by atoms with van der Waals surface area (Å²) in [6.45, 7) is 1.96. The second kappa shape index (κ2) is 9.75. The smallest absolute Gasteiger partial charge is 0.336 e. The predicted molar refractivity (Wildman–Crippen MR) is 152 cm³/mol. The summed E-state index contributed by atoms with van der Waals surface area (Å²) in [6, 6.07) is 16.3. The van der Waals surface area contributed by atoms with Crippen LogP contribution in [0.15, 0.2) is 68.6 Å². The molecular formula is C30H28N3O6+. The fraction of sp³-hybridized carbons (Fsp3) is 0.200. The van der Waals surface area contributed by atoms with E-state index in [-0.39, 0.29) is 23.6 Å². The van der Waals surface area contributed by atoms with Gasteiger partial charge in [-0.15, -0.1) is 0 Å². The number of rotatable bonds is 7. The normalized spacial score (nSPS) is 11.2. The summed E-state index contributed by atoms with van der Waals surface area (Å²) in [4.78, 5) is 38.6. The SMILES string of the molecule is CCOc1c(Nc2ccc(C(=O)O)c(-c3c4ccc(=[N+](C)C)cc-4oc4cc(N(C)C)ccc34)c2)c(=O)c1=O. The van der Waals surface area contributed by atoms with Gasteiger partial charge in [0.2, 0.25) is 5.36 Å². The van der Waals surface area contributed by atoms with Gasteiger partial charge in [0, 0.05) is 54.1 Å². The Kier molecular flexibility index (Phi) is 6.43. The van der Waals surface area contributed by atoms with Crippen LogP contribution < -0.4 is 35.7 Å². The van der Waals surface area contributed by atoms with Crippen molar-refractivity contribution in [2.75, 3.05) is 45.0 Å². The molecule has 39 heavy (non-hydrogen) atoms. The highest BCUT2D eigenvalue weighted by Crippen LogP contribution is 2.43. The number of nitrogens with zero attached hydrogens (tertiary/aromatic N) is 2. The molecule has 9 nitrogen and oxygen atoms in total. The van der Waals surface area contributed by atoms with E-state index in [4.69, 9.17) is 9.15 Å². The van der Waals surface area contributed by atoms with Crippen molar-refractivity contribution >= 4 is 34.0 Å². The fourth-order valence-corrected chi connectivity index (χ4v) is 4.64. The maximum Gasteiger partial charge on any atom is 0.336 e. The highest BCUT2D eigenvalue weighted by molar-refractivity contribution is 6.08. The lowest BCUT2D eigenvalue weighted by Gasteiger charge is -2.20. The Bertz CT molecular complexity index is 1870. The summed E-state index contributed by atoms with van der Waals surface area (Å²) >= 11 is 0. The number of hydrogen-bond acceptors (Lipinski definition) is 7. The molecule has 198 valence electrons. The summed E-state index contributed by atoms with van der Waals surface area (Å²) < 4.78 is 13.6. The lowest BCUT2D eigenvalue weighted by atomic mass is 9.90. The maximum absolute atomic E-state index is 12.4. The van der Waals surface area contributed by atoms with Crippen molar-refractivity contribution in [2.24, 2.45) is 0 Å². The molecule has 0 amide bonds. The van der Waals surface area contributed by atoms with E-state index in [9.17, 15) is 19.5 Å². The van der Waals surface area contributed by atoms with E-state index in [2.05, 4.69) is 5.32 Å². The number of carboxylic acids is 1. The molecule has 5 rings (SSSR count). The zero-order valence-corrected chi connectivity index (χ0v) is 22.3. The Morgan fingerprint density at radius 2 is 1.77 bits per heavy atom. The number of aromatic carboxylic acids is 1. The Morgan fingerprint density at radius 3 is 2.44 bits per heavy atom. The zero-order valence-electron chi connectivity index (χ0n) is 22.3. The molecular weight excluding hydrogens is 498 g/mol. The van der Waals surface area contributed by atoms with Crippen LogP contribution in [0, 0.1) is 0 Å². The second-order valence-corrected chi connectivity index (χ2v) is 9.61. The minimum atomic E-state index is -1.10. The summed E-state index contributed by atoms with van der Waals surface area (Å²) in [6.07, 6.45) is 0. The molecule has 3 aromatic rings. The van der Waals surface area contributed by atoms with Gasteiger partial charge >= 0.3 is 5.97 Å². The van der Waals surface area contributed by atoms with Crippen LogP contribution in [-0.2, 0) is 0 Å². The van der Waals surface area contributed by atoms with Gasteiger partial charge in [-0.1, -0.05) is 0 Å². The van der Waals surface area contributed by atoms with E-state index in [1.807, 2.05) is 74.1 Å².